The lowest BCUT2D eigenvalue weighted by atomic mass is 10.0. The van der Waals surface area contributed by atoms with E-state index in [9.17, 15) is 5.11 Å². The Kier molecular flexibility index (Phi) is 3.20. The van der Waals surface area contributed by atoms with Crippen LogP contribution in [0.25, 0.3) is 0 Å². The maximum atomic E-state index is 9.43. The van der Waals surface area contributed by atoms with Crippen molar-refractivity contribution in [3.05, 3.63) is 29.3 Å². The van der Waals surface area contributed by atoms with Crippen molar-refractivity contribution in [2.75, 3.05) is 0 Å². The van der Waals surface area contributed by atoms with Crippen LogP contribution in [0.15, 0.2) is 18.2 Å². The van der Waals surface area contributed by atoms with Crippen molar-refractivity contribution >= 4 is 0 Å². The van der Waals surface area contributed by atoms with Crippen LogP contribution in [0, 0.1) is 5.92 Å². The van der Waals surface area contributed by atoms with Gasteiger partial charge in [-0.1, -0.05) is 19.9 Å². The first-order chi connectivity index (χ1) is 7.58. The van der Waals surface area contributed by atoms with Crippen molar-refractivity contribution in [1.82, 2.24) is 5.32 Å². The molecule has 0 bridgehead atoms. The quantitative estimate of drug-likeness (QED) is 0.819. The maximum Gasteiger partial charge on any atom is 0.115 e. The number of hydrogen-bond donors (Lipinski definition) is 2. The highest BCUT2D eigenvalue weighted by Gasteiger charge is 2.24. The van der Waals surface area contributed by atoms with E-state index in [1.54, 1.807) is 6.07 Å². The van der Waals surface area contributed by atoms with Crippen LogP contribution in [0.5, 0.6) is 5.75 Å². The number of rotatable bonds is 3. The number of nitrogens with one attached hydrogen (secondary N) is 1. The van der Waals surface area contributed by atoms with E-state index in [1.807, 2.05) is 6.07 Å². The third-order valence-electron chi connectivity index (χ3n) is 3.67. The molecule has 0 spiro atoms. The summed E-state index contributed by atoms with van der Waals surface area (Å²) in [6.07, 6.45) is 2.22. The Balaban J connectivity index is 2.12. The van der Waals surface area contributed by atoms with Gasteiger partial charge in [-0.05, 0) is 48.9 Å². The molecule has 2 unspecified atom stereocenters. The van der Waals surface area contributed by atoms with Crippen molar-refractivity contribution < 1.29 is 5.11 Å². The van der Waals surface area contributed by atoms with Crippen molar-refractivity contribution in [3.8, 4) is 5.75 Å². The zero-order valence-electron chi connectivity index (χ0n) is 10.3. The van der Waals surface area contributed by atoms with Gasteiger partial charge in [-0.15, -0.1) is 0 Å². The topological polar surface area (TPSA) is 32.3 Å². The van der Waals surface area contributed by atoms with Crippen molar-refractivity contribution in [2.24, 2.45) is 5.92 Å². The summed E-state index contributed by atoms with van der Waals surface area (Å²) in [4.78, 5) is 0. The van der Waals surface area contributed by atoms with Gasteiger partial charge in [-0.3, -0.25) is 0 Å². The SMILES string of the molecule is CC(C)C(C)NC1CCc2cc(O)ccc21. The number of phenols is 1. The molecule has 2 rings (SSSR count). The van der Waals surface area contributed by atoms with Crippen LogP contribution in [0.3, 0.4) is 0 Å². The zero-order valence-corrected chi connectivity index (χ0v) is 10.3. The van der Waals surface area contributed by atoms with E-state index in [0.29, 0.717) is 23.8 Å². The zero-order chi connectivity index (χ0) is 11.7. The fourth-order valence-corrected chi connectivity index (χ4v) is 2.29. The Morgan fingerprint density at radius 3 is 2.75 bits per heavy atom. The fraction of sp³-hybridized carbons (Fsp3) is 0.571. The highest BCUT2D eigenvalue weighted by Crippen LogP contribution is 2.33. The predicted molar refractivity (Wildman–Crippen MR) is 66.6 cm³/mol. The average molecular weight is 219 g/mol. The summed E-state index contributed by atoms with van der Waals surface area (Å²) in [5, 5.41) is 13.1. The van der Waals surface area contributed by atoms with Crippen LogP contribution in [-0.4, -0.2) is 11.1 Å². The molecule has 88 valence electrons. The average Bonchev–Trinajstić information content (AvgIpc) is 2.60. The number of phenolic OH excluding ortho intramolecular Hbond substituents is 1. The lowest BCUT2D eigenvalue weighted by Gasteiger charge is -2.23. The molecule has 0 amide bonds. The fourth-order valence-electron chi connectivity index (χ4n) is 2.29. The lowest BCUT2D eigenvalue weighted by molar-refractivity contribution is 0.375. The van der Waals surface area contributed by atoms with Crippen LogP contribution in [0.4, 0.5) is 0 Å². The first-order valence-electron chi connectivity index (χ1n) is 6.15. The number of aromatic hydroxyl groups is 1. The van der Waals surface area contributed by atoms with Gasteiger partial charge in [0.2, 0.25) is 0 Å². The first kappa shape index (κ1) is 11.5. The van der Waals surface area contributed by atoms with E-state index >= 15 is 0 Å². The molecular weight excluding hydrogens is 198 g/mol. The number of fused-ring (bicyclic) bond motifs is 1. The first-order valence-corrected chi connectivity index (χ1v) is 6.15. The van der Waals surface area contributed by atoms with Gasteiger partial charge in [0.15, 0.2) is 0 Å². The van der Waals surface area contributed by atoms with E-state index in [-0.39, 0.29) is 0 Å². The third kappa shape index (κ3) is 2.22. The molecule has 0 aliphatic heterocycles. The molecule has 0 saturated heterocycles. The predicted octanol–water partition coefficient (Wildman–Crippen LogP) is 3.01. The molecule has 1 aromatic rings. The van der Waals surface area contributed by atoms with Gasteiger partial charge in [0.05, 0.1) is 0 Å². The summed E-state index contributed by atoms with van der Waals surface area (Å²) in [6, 6.07) is 6.75. The number of aryl methyl sites for hydroxylation is 1. The molecule has 1 aliphatic rings. The molecular formula is C14H21NO. The Labute approximate surface area is 97.7 Å². The minimum Gasteiger partial charge on any atom is -0.508 e. The van der Waals surface area contributed by atoms with E-state index in [1.165, 1.54) is 11.1 Å². The summed E-state index contributed by atoms with van der Waals surface area (Å²) in [5.41, 5.74) is 2.67. The second kappa shape index (κ2) is 4.46. The second-order valence-electron chi connectivity index (χ2n) is 5.17. The molecule has 2 heteroatoms. The standard InChI is InChI=1S/C14H21NO/c1-9(2)10(3)15-14-7-4-11-8-12(16)5-6-13(11)14/h5-6,8-10,14-16H,4,7H2,1-3H3. The third-order valence-corrected chi connectivity index (χ3v) is 3.67. The summed E-state index contributed by atoms with van der Waals surface area (Å²) < 4.78 is 0. The number of benzene rings is 1. The van der Waals surface area contributed by atoms with Crippen molar-refractivity contribution in [3.63, 3.8) is 0 Å². The lowest BCUT2D eigenvalue weighted by Crippen LogP contribution is -2.33. The molecule has 2 N–H and O–H groups in total. The molecule has 0 aromatic heterocycles. The summed E-state index contributed by atoms with van der Waals surface area (Å²) in [6.45, 7) is 6.72. The van der Waals surface area contributed by atoms with Crippen LogP contribution in [0.2, 0.25) is 0 Å². The molecule has 0 fully saturated rings. The van der Waals surface area contributed by atoms with Crippen LogP contribution in [0.1, 0.15) is 44.4 Å². The molecule has 0 saturated carbocycles. The summed E-state index contributed by atoms with van der Waals surface area (Å²) in [5.74, 6) is 1.04. The minimum absolute atomic E-state index is 0.385. The van der Waals surface area contributed by atoms with Gasteiger partial charge in [-0.2, -0.15) is 0 Å². The largest absolute Gasteiger partial charge is 0.508 e. The summed E-state index contributed by atoms with van der Waals surface area (Å²) >= 11 is 0. The Morgan fingerprint density at radius 2 is 2.06 bits per heavy atom. The van der Waals surface area contributed by atoms with Gasteiger partial charge in [0, 0.05) is 12.1 Å². The van der Waals surface area contributed by atoms with E-state index in [4.69, 9.17) is 0 Å². The normalized spacial score (nSPS) is 21.1. The molecule has 16 heavy (non-hydrogen) atoms. The smallest absolute Gasteiger partial charge is 0.115 e. The van der Waals surface area contributed by atoms with Crippen molar-refractivity contribution in [1.29, 1.82) is 0 Å². The van der Waals surface area contributed by atoms with E-state index in [0.717, 1.165) is 12.8 Å². The van der Waals surface area contributed by atoms with Gasteiger partial charge < -0.3 is 10.4 Å². The highest BCUT2D eigenvalue weighted by molar-refractivity contribution is 5.40. The number of hydrogen-bond acceptors (Lipinski definition) is 2. The van der Waals surface area contributed by atoms with Crippen LogP contribution in [-0.2, 0) is 6.42 Å². The van der Waals surface area contributed by atoms with Crippen molar-refractivity contribution in [2.45, 2.75) is 45.7 Å². The minimum atomic E-state index is 0.385. The van der Waals surface area contributed by atoms with Crippen LogP contribution >= 0.6 is 0 Å². The molecule has 1 aliphatic carbocycles. The molecule has 1 aromatic carbocycles. The van der Waals surface area contributed by atoms with E-state index in [2.05, 4.69) is 32.2 Å². The van der Waals surface area contributed by atoms with Gasteiger partial charge in [0.25, 0.3) is 0 Å². The summed E-state index contributed by atoms with van der Waals surface area (Å²) in [7, 11) is 0. The van der Waals surface area contributed by atoms with Gasteiger partial charge in [-0.25, -0.2) is 0 Å². The van der Waals surface area contributed by atoms with Gasteiger partial charge >= 0.3 is 0 Å². The van der Waals surface area contributed by atoms with Crippen LogP contribution < -0.4 is 5.32 Å². The molecule has 2 nitrogen and oxygen atoms in total. The molecule has 0 radical (unpaired) electrons. The monoisotopic (exact) mass is 219 g/mol. The van der Waals surface area contributed by atoms with Gasteiger partial charge in [0.1, 0.15) is 5.75 Å². The Bertz CT molecular complexity index is 373. The maximum absolute atomic E-state index is 9.43. The molecule has 0 heterocycles. The second-order valence-corrected chi connectivity index (χ2v) is 5.17. The molecule has 2 atom stereocenters. The Hall–Kier alpha value is -1.02. The van der Waals surface area contributed by atoms with E-state index < -0.39 is 0 Å². The highest BCUT2D eigenvalue weighted by atomic mass is 16.3. The Morgan fingerprint density at radius 1 is 1.31 bits per heavy atom.